The molecule has 6 nitrogen and oxygen atoms in total. The fourth-order valence-electron chi connectivity index (χ4n) is 1.74. The molecule has 2 aromatic heterocycles. The number of carboxylic acid groups (broad SMARTS) is 1. The van der Waals surface area contributed by atoms with Gasteiger partial charge in [-0.25, -0.2) is 4.79 Å². The average Bonchev–Trinajstić information content (AvgIpc) is 3.16. The first-order chi connectivity index (χ1) is 10.2. The molecule has 0 radical (unpaired) electrons. The summed E-state index contributed by atoms with van der Waals surface area (Å²) in [6, 6.07) is 8.11. The first kappa shape index (κ1) is 13.3. The number of thiophene rings is 1. The van der Waals surface area contributed by atoms with Crippen molar-refractivity contribution < 1.29 is 19.2 Å². The summed E-state index contributed by atoms with van der Waals surface area (Å²) in [7, 11) is 1.59. The second kappa shape index (κ2) is 5.37. The van der Waals surface area contributed by atoms with Crippen molar-refractivity contribution in [1.29, 1.82) is 0 Å². The van der Waals surface area contributed by atoms with E-state index in [0.29, 0.717) is 17.3 Å². The van der Waals surface area contributed by atoms with Crippen LogP contribution in [0.2, 0.25) is 0 Å². The number of hydrogen-bond acceptors (Lipinski definition) is 6. The van der Waals surface area contributed by atoms with Crippen LogP contribution in [0.5, 0.6) is 5.75 Å². The Morgan fingerprint density at radius 3 is 2.71 bits per heavy atom. The highest BCUT2D eigenvalue weighted by molar-refractivity contribution is 7.13. The fourth-order valence-corrected chi connectivity index (χ4v) is 2.52. The van der Waals surface area contributed by atoms with Gasteiger partial charge in [-0.1, -0.05) is 17.3 Å². The SMILES string of the molecule is COc1csc(-c2nc(-c3ccc(C(=O)O)cc3)no2)c1. The molecule has 0 bridgehead atoms. The van der Waals surface area contributed by atoms with Gasteiger partial charge in [-0.3, -0.25) is 0 Å². The first-order valence-corrected chi connectivity index (χ1v) is 6.85. The first-order valence-electron chi connectivity index (χ1n) is 5.97. The summed E-state index contributed by atoms with van der Waals surface area (Å²) in [6.07, 6.45) is 0. The molecule has 0 aliphatic heterocycles. The second-order valence-corrected chi connectivity index (χ2v) is 5.07. The van der Waals surface area contributed by atoms with Crippen LogP contribution in [0.25, 0.3) is 22.2 Å². The van der Waals surface area contributed by atoms with E-state index in [1.165, 1.54) is 23.5 Å². The van der Waals surface area contributed by atoms with E-state index in [4.69, 9.17) is 14.4 Å². The predicted molar refractivity (Wildman–Crippen MR) is 76.6 cm³/mol. The summed E-state index contributed by atoms with van der Waals surface area (Å²) in [4.78, 5) is 15.9. The Hall–Kier alpha value is -2.67. The van der Waals surface area contributed by atoms with Crippen LogP contribution in [0.4, 0.5) is 0 Å². The molecule has 7 heteroatoms. The molecule has 0 saturated carbocycles. The van der Waals surface area contributed by atoms with Crippen molar-refractivity contribution in [2.24, 2.45) is 0 Å². The molecule has 0 spiro atoms. The lowest BCUT2D eigenvalue weighted by molar-refractivity contribution is 0.0697. The lowest BCUT2D eigenvalue weighted by Gasteiger charge is -1.95. The van der Waals surface area contributed by atoms with Gasteiger partial charge in [0.25, 0.3) is 5.89 Å². The van der Waals surface area contributed by atoms with Crippen LogP contribution in [0.15, 0.2) is 40.2 Å². The van der Waals surface area contributed by atoms with Gasteiger partial charge in [-0.15, -0.1) is 11.3 Å². The number of ether oxygens (including phenoxy) is 1. The van der Waals surface area contributed by atoms with Crippen molar-refractivity contribution >= 4 is 17.3 Å². The molecule has 0 aliphatic carbocycles. The maximum absolute atomic E-state index is 10.8. The van der Waals surface area contributed by atoms with Gasteiger partial charge < -0.3 is 14.4 Å². The summed E-state index contributed by atoms with van der Waals surface area (Å²) >= 11 is 1.44. The van der Waals surface area contributed by atoms with Gasteiger partial charge in [-0.2, -0.15) is 4.98 Å². The fraction of sp³-hybridized carbons (Fsp3) is 0.0714. The van der Waals surface area contributed by atoms with E-state index in [0.717, 1.165) is 10.6 Å². The zero-order valence-electron chi connectivity index (χ0n) is 10.9. The molecule has 3 rings (SSSR count). The topological polar surface area (TPSA) is 85.5 Å². The minimum Gasteiger partial charge on any atom is -0.496 e. The number of hydrogen-bond donors (Lipinski definition) is 1. The van der Waals surface area contributed by atoms with Gasteiger partial charge in [0.1, 0.15) is 5.75 Å². The van der Waals surface area contributed by atoms with Crippen molar-refractivity contribution in [3.8, 4) is 27.9 Å². The number of carbonyl (C=O) groups is 1. The van der Waals surface area contributed by atoms with Crippen molar-refractivity contribution in [2.45, 2.75) is 0 Å². The molecule has 0 amide bonds. The molecular formula is C14H10N2O4S. The largest absolute Gasteiger partial charge is 0.496 e. The molecule has 0 unspecified atom stereocenters. The van der Waals surface area contributed by atoms with E-state index in [-0.39, 0.29) is 5.56 Å². The smallest absolute Gasteiger partial charge is 0.335 e. The highest BCUT2D eigenvalue weighted by atomic mass is 32.1. The molecule has 0 aliphatic rings. The molecule has 0 atom stereocenters. The van der Waals surface area contributed by atoms with Gasteiger partial charge in [0.15, 0.2) is 0 Å². The van der Waals surface area contributed by atoms with Crippen LogP contribution in [0.1, 0.15) is 10.4 Å². The van der Waals surface area contributed by atoms with Crippen molar-refractivity contribution in [2.75, 3.05) is 7.11 Å². The third kappa shape index (κ3) is 2.63. The summed E-state index contributed by atoms with van der Waals surface area (Å²) in [6.45, 7) is 0. The molecular weight excluding hydrogens is 292 g/mol. The van der Waals surface area contributed by atoms with E-state index in [1.54, 1.807) is 19.2 Å². The Bertz CT molecular complexity index is 776. The zero-order chi connectivity index (χ0) is 14.8. The molecule has 106 valence electrons. The van der Waals surface area contributed by atoms with Crippen LogP contribution in [-0.4, -0.2) is 28.3 Å². The molecule has 1 N–H and O–H groups in total. The van der Waals surface area contributed by atoms with Crippen LogP contribution < -0.4 is 4.74 Å². The number of carboxylic acids is 1. The Labute approximate surface area is 123 Å². The quantitative estimate of drug-likeness (QED) is 0.796. The maximum atomic E-state index is 10.8. The Kier molecular flexibility index (Phi) is 3.41. The Balaban J connectivity index is 1.88. The van der Waals surface area contributed by atoms with Crippen molar-refractivity contribution in [1.82, 2.24) is 10.1 Å². The van der Waals surface area contributed by atoms with E-state index in [2.05, 4.69) is 10.1 Å². The van der Waals surface area contributed by atoms with Gasteiger partial charge in [0.2, 0.25) is 5.82 Å². The Morgan fingerprint density at radius 2 is 2.10 bits per heavy atom. The highest BCUT2D eigenvalue weighted by Gasteiger charge is 2.13. The van der Waals surface area contributed by atoms with E-state index >= 15 is 0 Å². The summed E-state index contributed by atoms with van der Waals surface area (Å²) in [5.74, 6) is 0.580. The van der Waals surface area contributed by atoms with Gasteiger partial charge in [-0.05, 0) is 12.1 Å². The summed E-state index contributed by atoms with van der Waals surface area (Å²) in [5, 5.41) is 14.6. The molecule has 0 fully saturated rings. The molecule has 21 heavy (non-hydrogen) atoms. The van der Waals surface area contributed by atoms with E-state index < -0.39 is 5.97 Å². The number of rotatable bonds is 4. The van der Waals surface area contributed by atoms with Crippen molar-refractivity contribution in [3.63, 3.8) is 0 Å². The minimum absolute atomic E-state index is 0.213. The lowest BCUT2D eigenvalue weighted by atomic mass is 10.1. The maximum Gasteiger partial charge on any atom is 0.335 e. The number of aromatic nitrogens is 2. The molecule has 2 heterocycles. The average molecular weight is 302 g/mol. The molecule has 1 aromatic carbocycles. The van der Waals surface area contributed by atoms with Gasteiger partial charge in [0, 0.05) is 17.0 Å². The monoisotopic (exact) mass is 302 g/mol. The second-order valence-electron chi connectivity index (χ2n) is 4.16. The van der Waals surface area contributed by atoms with E-state index in [1.807, 2.05) is 11.4 Å². The normalized spacial score (nSPS) is 10.5. The number of benzene rings is 1. The molecule has 3 aromatic rings. The number of nitrogens with zero attached hydrogens (tertiary/aromatic N) is 2. The minimum atomic E-state index is -0.971. The van der Waals surface area contributed by atoms with Crippen LogP contribution in [0.3, 0.4) is 0 Å². The van der Waals surface area contributed by atoms with Crippen molar-refractivity contribution in [3.05, 3.63) is 41.3 Å². The van der Waals surface area contributed by atoms with Gasteiger partial charge in [0.05, 0.1) is 17.6 Å². The van der Waals surface area contributed by atoms with Crippen LogP contribution in [-0.2, 0) is 0 Å². The lowest BCUT2D eigenvalue weighted by Crippen LogP contribution is -1.95. The Morgan fingerprint density at radius 1 is 1.33 bits per heavy atom. The van der Waals surface area contributed by atoms with Crippen LogP contribution >= 0.6 is 11.3 Å². The summed E-state index contributed by atoms with van der Waals surface area (Å²) in [5.41, 5.74) is 0.906. The zero-order valence-corrected chi connectivity index (χ0v) is 11.8. The summed E-state index contributed by atoms with van der Waals surface area (Å²) < 4.78 is 10.3. The number of aromatic carboxylic acids is 1. The highest BCUT2D eigenvalue weighted by Crippen LogP contribution is 2.31. The molecule has 0 saturated heterocycles. The van der Waals surface area contributed by atoms with Gasteiger partial charge >= 0.3 is 5.97 Å². The van der Waals surface area contributed by atoms with E-state index in [9.17, 15) is 4.79 Å². The standard InChI is InChI=1S/C14H10N2O4S/c1-19-10-6-11(21-7-10)13-15-12(16-20-13)8-2-4-9(5-3-8)14(17)18/h2-7H,1H3,(H,17,18). The number of methoxy groups -OCH3 is 1. The third-order valence-electron chi connectivity index (χ3n) is 2.84. The predicted octanol–water partition coefficient (Wildman–Crippen LogP) is 3.17. The third-order valence-corrected chi connectivity index (χ3v) is 3.73. The van der Waals surface area contributed by atoms with Crippen LogP contribution in [0, 0.1) is 0 Å².